The lowest BCUT2D eigenvalue weighted by atomic mass is 10.0. The molecule has 0 bridgehead atoms. The van der Waals surface area contributed by atoms with Crippen LogP contribution in [0.1, 0.15) is 29.9 Å². The zero-order chi connectivity index (χ0) is 27.8. The van der Waals surface area contributed by atoms with Gasteiger partial charge in [0.2, 0.25) is 0 Å². The van der Waals surface area contributed by atoms with Crippen LogP contribution in [0.5, 0.6) is 11.5 Å². The van der Waals surface area contributed by atoms with Gasteiger partial charge in [-0.3, -0.25) is 15.2 Å². The average molecular weight is 525 g/mol. The first kappa shape index (κ1) is 27.3. The highest BCUT2D eigenvalue weighted by molar-refractivity contribution is 5.95. The van der Waals surface area contributed by atoms with Crippen LogP contribution in [-0.2, 0) is 4.79 Å². The van der Waals surface area contributed by atoms with Gasteiger partial charge in [-0.25, -0.2) is 19.2 Å². The Balaban J connectivity index is 0.000000934. The molecule has 1 atom stereocenters. The van der Waals surface area contributed by atoms with Gasteiger partial charge in [0.25, 0.3) is 11.9 Å². The predicted octanol–water partition coefficient (Wildman–Crippen LogP) is 2.08. The molecule has 0 saturated heterocycles. The Hall–Kier alpha value is -5.27. The number of carbonyl (C=O) groups is 1. The van der Waals surface area contributed by atoms with Crippen LogP contribution in [0.25, 0.3) is 5.95 Å². The third-order valence-electron chi connectivity index (χ3n) is 4.95. The molecule has 198 valence electrons. The number of nitrogen functional groups attached to an aromatic ring is 1. The zero-order valence-electron chi connectivity index (χ0n) is 20.6. The van der Waals surface area contributed by atoms with Crippen LogP contribution in [0.15, 0.2) is 59.7 Å². The van der Waals surface area contributed by atoms with Crippen LogP contribution in [-0.4, -0.2) is 55.9 Å². The van der Waals surface area contributed by atoms with Crippen LogP contribution in [0, 0.1) is 11.2 Å². The van der Waals surface area contributed by atoms with E-state index in [1.54, 1.807) is 36.4 Å². The molecule has 0 radical (unpaired) electrons. The maximum Gasteiger partial charge on any atom is 0.350 e. The van der Waals surface area contributed by atoms with Crippen molar-refractivity contribution >= 4 is 17.5 Å². The summed E-state index contributed by atoms with van der Waals surface area (Å²) >= 11 is 0. The summed E-state index contributed by atoms with van der Waals surface area (Å²) in [4.78, 5) is 32.4. The fourth-order valence-corrected chi connectivity index (χ4v) is 3.33. The van der Waals surface area contributed by atoms with Gasteiger partial charge in [0.1, 0.15) is 11.9 Å². The highest BCUT2D eigenvalue weighted by atomic mass is 19.1. The lowest BCUT2D eigenvalue weighted by Crippen LogP contribution is -2.18. The summed E-state index contributed by atoms with van der Waals surface area (Å²) in [5, 5.41) is 22.5. The summed E-state index contributed by atoms with van der Waals surface area (Å²) in [6, 6.07) is 10.4. The monoisotopic (exact) mass is 524 g/mol. The smallest absolute Gasteiger partial charge is 0.350 e. The van der Waals surface area contributed by atoms with Crippen molar-refractivity contribution in [2.24, 2.45) is 5.73 Å². The second-order valence-electron chi connectivity index (χ2n) is 7.60. The van der Waals surface area contributed by atoms with E-state index in [-0.39, 0.29) is 29.1 Å². The Morgan fingerprint density at radius 1 is 1.18 bits per heavy atom. The number of aromatic amines is 1. The van der Waals surface area contributed by atoms with Crippen LogP contribution in [0.3, 0.4) is 0 Å². The lowest BCUT2D eigenvalue weighted by Gasteiger charge is -2.20. The fourth-order valence-electron chi connectivity index (χ4n) is 3.33. The zero-order valence-corrected chi connectivity index (χ0v) is 20.6. The molecule has 0 spiro atoms. The number of hydrogen-bond donors (Lipinski definition) is 5. The molecule has 0 aliphatic rings. The van der Waals surface area contributed by atoms with Gasteiger partial charge in [-0.2, -0.15) is 0 Å². The highest BCUT2D eigenvalue weighted by Crippen LogP contribution is 2.35. The van der Waals surface area contributed by atoms with Crippen molar-refractivity contribution in [3.63, 3.8) is 0 Å². The van der Waals surface area contributed by atoms with E-state index in [1.807, 2.05) is 0 Å². The number of H-pyrrole nitrogens is 1. The molecule has 2 aromatic heterocycles. The summed E-state index contributed by atoms with van der Waals surface area (Å²) in [7, 11) is 2.74. The van der Waals surface area contributed by atoms with E-state index >= 15 is 0 Å². The van der Waals surface area contributed by atoms with E-state index in [0.29, 0.717) is 16.8 Å². The van der Waals surface area contributed by atoms with Gasteiger partial charge in [-0.15, -0.1) is 9.78 Å². The molecule has 1 unspecified atom stereocenters. The maximum absolute atomic E-state index is 14.8. The summed E-state index contributed by atoms with van der Waals surface area (Å²) in [6.45, 7) is 1.08. The van der Waals surface area contributed by atoms with Gasteiger partial charge in [0.05, 0.1) is 14.2 Å². The van der Waals surface area contributed by atoms with E-state index in [2.05, 4.69) is 25.4 Å². The van der Waals surface area contributed by atoms with Crippen molar-refractivity contribution in [3.05, 3.63) is 88.1 Å². The average Bonchev–Trinajstić information content (AvgIpc) is 3.28. The largest absolute Gasteiger partial charge is 0.493 e. The molecule has 4 aromatic rings. The molecule has 14 heteroatoms. The van der Waals surface area contributed by atoms with Crippen molar-refractivity contribution in [2.75, 3.05) is 19.5 Å². The number of ether oxygens (including phenoxy) is 2. The molecule has 0 amide bonds. The summed E-state index contributed by atoms with van der Waals surface area (Å²) in [6.07, 6.45) is 2.97. The minimum atomic E-state index is -0.833. The number of benzene rings is 2. The van der Waals surface area contributed by atoms with Gasteiger partial charge in [-0.1, -0.05) is 0 Å². The standard InChI is InChI=1S/C22H21FN8O3.C2H4O2/c1-33-16-11-13(10-15(23)18(16)34-2)17(28-14-6-4-12(5-7-14)19(24)25)20-29-22(32)31(30-20)21-26-8-3-9-27-21;1-2(3)4/h3-11,17,28H,1-2H3,(H3,24,25)(H,29,30,32);1H3,(H,3,4). The quantitative estimate of drug-likeness (QED) is 0.168. The number of aliphatic carboxylic acids is 1. The summed E-state index contributed by atoms with van der Waals surface area (Å²) in [5.41, 5.74) is 6.51. The number of halogens is 1. The number of nitrogens with zero attached hydrogens (tertiary/aromatic N) is 4. The van der Waals surface area contributed by atoms with Crippen molar-refractivity contribution in [1.82, 2.24) is 24.7 Å². The van der Waals surface area contributed by atoms with Crippen molar-refractivity contribution in [3.8, 4) is 17.4 Å². The van der Waals surface area contributed by atoms with Gasteiger partial charge in [-0.05, 0) is 48.0 Å². The molecule has 0 aliphatic carbocycles. The van der Waals surface area contributed by atoms with Gasteiger partial charge < -0.3 is 25.6 Å². The number of carboxylic acid groups (broad SMARTS) is 1. The second-order valence-corrected chi connectivity index (χ2v) is 7.60. The Morgan fingerprint density at radius 3 is 2.37 bits per heavy atom. The second kappa shape index (κ2) is 12.1. The van der Waals surface area contributed by atoms with Gasteiger partial charge in [0.15, 0.2) is 23.1 Å². The predicted molar refractivity (Wildman–Crippen MR) is 136 cm³/mol. The van der Waals surface area contributed by atoms with E-state index in [9.17, 15) is 9.18 Å². The molecule has 2 heterocycles. The molecule has 38 heavy (non-hydrogen) atoms. The maximum atomic E-state index is 14.8. The number of methoxy groups -OCH3 is 2. The number of hydrogen-bond acceptors (Lipinski definition) is 9. The fraction of sp³-hybridized carbons (Fsp3) is 0.167. The molecule has 2 aromatic carbocycles. The van der Waals surface area contributed by atoms with E-state index in [1.165, 1.54) is 32.7 Å². The molecule has 4 rings (SSSR count). The van der Waals surface area contributed by atoms with Crippen LogP contribution in [0.2, 0.25) is 0 Å². The van der Waals surface area contributed by atoms with Gasteiger partial charge in [0, 0.05) is 30.6 Å². The summed E-state index contributed by atoms with van der Waals surface area (Å²) in [5.74, 6) is -1.17. The highest BCUT2D eigenvalue weighted by Gasteiger charge is 2.24. The SMILES string of the molecule is CC(=O)O.COc1cc(C(Nc2ccc(C(=N)N)cc2)c2nn(-c3ncccn3)c(=O)[nH]2)cc(F)c1OC. The Morgan fingerprint density at radius 2 is 1.82 bits per heavy atom. The molecule has 0 aliphatic heterocycles. The number of carboxylic acids is 1. The minimum absolute atomic E-state index is 0.0486. The first-order chi connectivity index (χ1) is 18.1. The normalized spacial score (nSPS) is 11.1. The van der Waals surface area contributed by atoms with Crippen molar-refractivity contribution < 1.29 is 23.8 Å². The third-order valence-corrected chi connectivity index (χ3v) is 4.95. The van der Waals surface area contributed by atoms with E-state index in [0.717, 1.165) is 11.6 Å². The first-order valence-corrected chi connectivity index (χ1v) is 10.9. The number of nitrogens with one attached hydrogen (secondary N) is 3. The van der Waals surface area contributed by atoms with Crippen LogP contribution < -0.4 is 26.2 Å². The van der Waals surface area contributed by atoms with Crippen molar-refractivity contribution in [1.29, 1.82) is 5.41 Å². The number of nitrogens with two attached hydrogens (primary N) is 1. The molecule has 0 fully saturated rings. The van der Waals surface area contributed by atoms with Gasteiger partial charge >= 0.3 is 5.69 Å². The lowest BCUT2D eigenvalue weighted by molar-refractivity contribution is -0.134. The number of amidine groups is 1. The minimum Gasteiger partial charge on any atom is -0.493 e. The van der Waals surface area contributed by atoms with Crippen LogP contribution >= 0.6 is 0 Å². The number of aromatic nitrogens is 5. The molecular weight excluding hydrogens is 499 g/mol. The summed E-state index contributed by atoms with van der Waals surface area (Å²) < 4.78 is 26.2. The van der Waals surface area contributed by atoms with E-state index in [4.69, 9.17) is 30.5 Å². The Kier molecular flexibility index (Phi) is 8.71. The number of rotatable bonds is 8. The molecular formula is C24H25FN8O5. The first-order valence-electron chi connectivity index (χ1n) is 10.9. The van der Waals surface area contributed by atoms with Crippen molar-refractivity contribution in [2.45, 2.75) is 13.0 Å². The Bertz CT molecular complexity index is 1470. The van der Waals surface area contributed by atoms with Crippen LogP contribution in [0.4, 0.5) is 10.1 Å². The third kappa shape index (κ3) is 6.48. The molecule has 0 saturated carbocycles. The van der Waals surface area contributed by atoms with E-state index < -0.39 is 23.5 Å². The molecule has 13 nitrogen and oxygen atoms in total. The molecule has 6 N–H and O–H groups in total. The Labute approximate surface area is 215 Å². The topological polar surface area (TPSA) is 194 Å². The number of anilines is 1.